The highest BCUT2D eigenvalue weighted by atomic mass is 16.6. The number of carboxylic acid groups (broad SMARTS) is 1. The van der Waals surface area contributed by atoms with E-state index in [9.17, 15) is 14.9 Å². The molecule has 25 heavy (non-hydrogen) atoms. The van der Waals surface area contributed by atoms with Crippen molar-refractivity contribution in [2.24, 2.45) is 0 Å². The fourth-order valence-corrected chi connectivity index (χ4v) is 3.33. The molecule has 1 heterocycles. The van der Waals surface area contributed by atoms with Crippen LogP contribution in [-0.2, 0) is 4.79 Å². The van der Waals surface area contributed by atoms with Gasteiger partial charge in [-0.25, -0.2) is 0 Å². The zero-order valence-electron chi connectivity index (χ0n) is 13.9. The van der Waals surface area contributed by atoms with Crippen LogP contribution in [0, 0.1) is 10.1 Å². The minimum Gasteiger partial charge on any atom is -0.480 e. The number of benzene rings is 1. The van der Waals surface area contributed by atoms with E-state index in [1.165, 1.54) is 6.07 Å². The van der Waals surface area contributed by atoms with Crippen molar-refractivity contribution >= 4 is 28.2 Å². The molecule has 0 unspecified atom stereocenters. The first-order valence-corrected chi connectivity index (χ1v) is 8.24. The highest BCUT2D eigenvalue weighted by Gasteiger charge is 2.34. The van der Waals surface area contributed by atoms with Crippen molar-refractivity contribution in [2.75, 3.05) is 18.4 Å². The Morgan fingerprint density at radius 3 is 2.84 bits per heavy atom. The first-order chi connectivity index (χ1) is 12.0. The first-order valence-electron chi connectivity index (χ1n) is 8.24. The smallest absolute Gasteiger partial charge is 0.317 e. The Morgan fingerprint density at radius 2 is 2.20 bits per heavy atom. The summed E-state index contributed by atoms with van der Waals surface area (Å²) in [7, 11) is 0. The number of hydrogen-bond acceptors (Lipinski definition) is 6. The minimum absolute atomic E-state index is 0.0405. The predicted octanol–water partition coefficient (Wildman–Crippen LogP) is 2.49. The molecule has 0 spiro atoms. The van der Waals surface area contributed by atoms with Gasteiger partial charge in [-0.15, -0.1) is 0 Å². The molecular weight excluding hydrogens is 324 g/mol. The van der Waals surface area contributed by atoms with Crippen LogP contribution in [0.2, 0.25) is 0 Å². The van der Waals surface area contributed by atoms with Crippen LogP contribution in [-0.4, -0.2) is 51.1 Å². The van der Waals surface area contributed by atoms with Gasteiger partial charge in [0.2, 0.25) is 0 Å². The average molecular weight is 344 g/mol. The molecule has 2 aromatic rings. The summed E-state index contributed by atoms with van der Waals surface area (Å²) in [5, 5.41) is 24.0. The van der Waals surface area contributed by atoms with Crippen LogP contribution in [0.5, 0.6) is 0 Å². The largest absolute Gasteiger partial charge is 0.480 e. The van der Waals surface area contributed by atoms with Crippen molar-refractivity contribution < 1.29 is 14.8 Å². The third kappa shape index (κ3) is 3.53. The quantitative estimate of drug-likeness (QED) is 0.586. The molecule has 8 nitrogen and oxygen atoms in total. The van der Waals surface area contributed by atoms with Gasteiger partial charge in [-0.05, 0) is 37.6 Å². The monoisotopic (exact) mass is 344 g/mol. The number of fused-ring (bicyclic) bond motifs is 1. The third-order valence-electron chi connectivity index (χ3n) is 4.68. The summed E-state index contributed by atoms with van der Waals surface area (Å²) in [6.45, 7) is 2.71. The highest BCUT2D eigenvalue weighted by molar-refractivity contribution is 5.96. The lowest BCUT2D eigenvalue weighted by Gasteiger charge is -2.42. The fourth-order valence-electron chi connectivity index (χ4n) is 3.33. The van der Waals surface area contributed by atoms with Crippen molar-refractivity contribution in [1.82, 2.24) is 9.88 Å². The standard InChI is InChI=1S/C17H20N4O4/c1-2-20(10-16(22)23)12-8-11(9-12)19-14-5-6-15(21(24)25)13-4-3-7-18-17(13)14/h3-7,11-12,19H,2,8-10H2,1H3,(H,22,23). The summed E-state index contributed by atoms with van der Waals surface area (Å²) in [5.41, 5.74) is 1.39. The molecule has 132 valence electrons. The van der Waals surface area contributed by atoms with Crippen molar-refractivity contribution in [3.05, 3.63) is 40.6 Å². The normalized spacial score (nSPS) is 19.6. The Kier molecular flexibility index (Phi) is 4.80. The van der Waals surface area contributed by atoms with E-state index in [-0.39, 0.29) is 24.3 Å². The van der Waals surface area contributed by atoms with E-state index in [2.05, 4.69) is 10.3 Å². The van der Waals surface area contributed by atoms with Gasteiger partial charge in [0, 0.05) is 24.3 Å². The lowest BCUT2D eigenvalue weighted by atomic mass is 9.85. The Bertz CT molecular complexity index is 804. The lowest BCUT2D eigenvalue weighted by molar-refractivity contribution is -0.383. The van der Waals surface area contributed by atoms with Gasteiger partial charge >= 0.3 is 5.97 Å². The van der Waals surface area contributed by atoms with Crippen molar-refractivity contribution in [2.45, 2.75) is 31.8 Å². The van der Waals surface area contributed by atoms with Crippen LogP contribution in [0.15, 0.2) is 30.5 Å². The van der Waals surface area contributed by atoms with Gasteiger partial charge in [0.05, 0.1) is 22.5 Å². The number of non-ortho nitro benzene ring substituents is 1. The number of nitrogens with zero attached hydrogens (tertiary/aromatic N) is 3. The van der Waals surface area contributed by atoms with Crippen LogP contribution in [0.4, 0.5) is 11.4 Å². The average Bonchev–Trinajstić information content (AvgIpc) is 2.55. The van der Waals surface area contributed by atoms with E-state index in [4.69, 9.17) is 5.11 Å². The molecule has 1 aromatic heterocycles. The molecule has 1 aliphatic rings. The number of hydrogen-bond donors (Lipinski definition) is 2. The zero-order chi connectivity index (χ0) is 18.0. The van der Waals surface area contributed by atoms with Gasteiger partial charge in [0.25, 0.3) is 5.69 Å². The van der Waals surface area contributed by atoms with E-state index in [0.29, 0.717) is 17.4 Å². The van der Waals surface area contributed by atoms with Gasteiger partial charge in [0.15, 0.2) is 0 Å². The Labute approximate surface area is 144 Å². The molecule has 0 aliphatic heterocycles. The molecule has 1 fully saturated rings. The van der Waals surface area contributed by atoms with Crippen LogP contribution < -0.4 is 5.32 Å². The molecule has 1 saturated carbocycles. The summed E-state index contributed by atoms with van der Waals surface area (Å²) in [4.78, 5) is 27.9. The van der Waals surface area contributed by atoms with E-state index in [1.807, 2.05) is 11.8 Å². The number of anilines is 1. The molecule has 2 N–H and O–H groups in total. The van der Waals surface area contributed by atoms with Crippen LogP contribution in [0.1, 0.15) is 19.8 Å². The molecule has 0 bridgehead atoms. The number of rotatable bonds is 7. The predicted molar refractivity (Wildman–Crippen MR) is 93.7 cm³/mol. The number of aliphatic carboxylic acids is 1. The molecule has 0 atom stereocenters. The second kappa shape index (κ2) is 7.02. The Morgan fingerprint density at radius 1 is 1.44 bits per heavy atom. The number of likely N-dealkylation sites (N-methyl/N-ethyl adjacent to an activating group) is 1. The number of nitrogens with one attached hydrogen (secondary N) is 1. The van der Waals surface area contributed by atoms with E-state index in [1.54, 1.807) is 24.4 Å². The summed E-state index contributed by atoms with van der Waals surface area (Å²) >= 11 is 0. The number of nitro groups is 1. The van der Waals surface area contributed by atoms with Crippen LogP contribution in [0.3, 0.4) is 0 Å². The summed E-state index contributed by atoms with van der Waals surface area (Å²) in [6.07, 6.45) is 3.30. The molecule has 0 saturated heterocycles. The van der Waals surface area contributed by atoms with Crippen LogP contribution >= 0.6 is 0 Å². The van der Waals surface area contributed by atoms with Gasteiger partial charge in [-0.2, -0.15) is 0 Å². The lowest BCUT2D eigenvalue weighted by Crippen LogP contribution is -2.51. The minimum atomic E-state index is -0.816. The maximum absolute atomic E-state index is 11.2. The maximum Gasteiger partial charge on any atom is 0.317 e. The molecule has 8 heteroatoms. The zero-order valence-corrected chi connectivity index (χ0v) is 13.9. The van der Waals surface area contributed by atoms with Crippen molar-refractivity contribution in [1.29, 1.82) is 0 Å². The summed E-state index contributed by atoms with van der Waals surface area (Å²) in [6, 6.07) is 7.01. The Balaban J connectivity index is 1.72. The fraction of sp³-hybridized carbons (Fsp3) is 0.412. The SMILES string of the molecule is CCN(CC(=O)O)C1CC(Nc2ccc([N+](=O)[O-])c3cccnc23)C1. The van der Waals surface area contributed by atoms with Gasteiger partial charge in [0.1, 0.15) is 5.52 Å². The molecule has 1 aromatic carbocycles. The third-order valence-corrected chi connectivity index (χ3v) is 4.68. The van der Waals surface area contributed by atoms with E-state index >= 15 is 0 Å². The van der Waals surface area contributed by atoms with Gasteiger partial charge in [-0.3, -0.25) is 24.8 Å². The highest BCUT2D eigenvalue weighted by Crippen LogP contribution is 2.33. The second-order valence-corrected chi connectivity index (χ2v) is 6.21. The number of nitro benzene ring substituents is 1. The molecule has 1 aliphatic carbocycles. The molecule has 0 amide bonds. The van der Waals surface area contributed by atoms with Crippen molar-refractivity contribution in [3.63, 3.8) is 0 Å². The van der Waals surface area contributed by atoms with Gasteiger partial charge in [-0.1, -0.05) is 6.92 Å². The summed E-state index contributed by atoms with van der Waals surface area (Å²) in [5.74, 6) is -0.816. The second-order valence-electron chi connectivity index (χ2n) is 6.21. The van der Waals surface area contributed by atoms with E-state index < -0.39 is 10.9 Å². The molecular formula is C17H20N4O4. The number of aromatic nitrogens is 1. The van der Waals surface area contributed by atoms with Crippen LogP contribution in [0.25, 0.3) is 10.9 Å². The Hall–Kier alpha value is -2.74. The number of carboxylic acids is 1. The number of pyridine rings is 1. The van der Waals surface area contributed by atoms with E-state index in [0.717, 1.165) is 18.5 Å². The molecule has 3 rings (SSSR count). The van der Waals surface area contributed by atoms with Gasteiger partial charge < -0.3 is 10.4 Å². The number of carbonyl (C=O) groups is 1. The first kappa shape index (κ1) is 17.1. The van der Waals surface area contributed by atoms with Crippen molar-refractivity contribution in [3.8, 4) is 0 Å². The molecule has 0 radical (unpaired) electrons. The maximum atomic E-state index is 11.2. The summed E-state index contributed by atoms with van der Waals surface area (Å²) < 4.78 is 0. The topological polar surface area (TPSA) is 109 Å².